The molecule has 0 amide bonds. The minimum absolute atomic E-state index is 0.0766. The van der Waals surface area contributed by atoms with Gasteiger partial charge in [0.05, 0.1) is 16.8 Å². The number of nitrogens with two attached hydrogens (primary N) is 1. The van der Waals surface area contributed by atoms with Gasteiger partial charge in [-0.1, -0.05) is 0 Å². The number of hydrogen-bond donors (Lipinski definition) is 1. The molecule has 0 spiro atoms. The van der Waals surface area contributed by atoms with Gasteiger partial charge in [-0.05, 0) is 24.3 Å². The minimum atomic E-state index is -3.70. The average Bonchev–Trinajstić information content (AvgIpc) is 2.57. The molecule has 0 radical (unpaired) electrons. The Labute approximate surface area is 144 Å². The van der Waals surface area contributed by atoms with E-state index >= 15 is 0 Å². The highest BCUT2D eigenvalue weighted by Crippen LogP contribution is 2.20. The quantitative estimate of drug-likeness (QED) is 0.881. The molecule has 9 heteroatoms. The van der Waals surface area contributed by atoms with E-state index in [1.807, 2.05) is 4.90 Å². The molecule has 25 heavy (non-hydrogen) atoms. The van der Waals surface area contributed by atoms with Crippen LogP contribution in [0, 0.1) is 11.6 Å². The van der Waals surface area contributed by atoms with Gasteiger partial charge in [-0.3, -0.25) is 9.88 Å². The van der Waals surface area contributed by atoms with E-state index in [0.717, 1.165) is 18.0 Å². The molecule has 1 aliphatic heterocycles. The number of anilines is 1. The SMILES string of the molecule is NS(=O)(=O)c1ccc(N2CCN(Cc3ncc(F)cc3F)CC2)cc1. The number of rotatable bonds is 4. The maximum atomic E-state index is 13.7. The van der Waals surface area contributed by atoms with Crippen LogP contribution in [0.25, 0.3) is 0 Å². The van der Waals surface area contributed by atoms with Gasteiger partial charge in [0.1, 0.15) is 11.6 Å². The molecule has 3 rings (SSSR count). The van der Waals surface area contributed by atoms with E-state index in [9.17, 15) is 17.2 Å². The molecule has 1 aromatic carbocycles. The summed E-state index contributed by atoms with van der Waals surface area (Å²) in [5.41, 5.74) is 1.13. The van der Waals surface area contributed by atoms with E-state index < -0.39 is 21.7 Å². The summed E-state index contributed by atoms with van der Waals surface area (Å²) in [4.78, 5) is 8.03. The number of primary sulfonamides is 1. The molecule has 2 heterocycles. The zero-order valence-electron chi connectivity index (χ0n) is 13.4. The van der Waals surface area contributed by atoms with Gasteiger partial charge in [-0.2, -0.15) is 0 Å². The lowest BCUT2D eigenvalue weighted by molar-refractivity contribution is 0.243. The first-order valence-corrected chi connectivity index (χ1v) is 9.27. The lowest BCUT2D eigenvalue weighted by Gasteiger charge is -2.36. The van der Waals surface area contributed by atoms with Gasteiger partial charge < -0.3 is 4.90 Å². The van der Waals surface area contributed by atoms with Crippen molar-refractivity contribution in [2.75, 3.05) is 31.1 Å². The smallest absolute Gasteiger partial charge is 0.238 e. The number of sulfonamides is 1. The first kappa shape index (κ1) is 17.7. The Kier molecular flexibility index (Phi) is 4.98. The van der Waals surface area contributed by atoms with Crippen LogP contribution in [-0.4, -0.2) is 44.5 Å². The summed E-state index contributed by atoms with van der Waals surface area (Å²) in [6.45, 7) is 3.12. The van der Waals surface area contributed by atoms with Gasteiger partial charge in [0.25, 0.3) is 0 Å². The van der Waals surface area contributed by atoms with Gasteiger partial charge in [-0.25, -0.2) is 22.3 Å². The second-order valence-electron chi connectivity index (χ2n) is 5.88. The lowest BCUT2D eigenvalue weighted by atomic mass is 10.2. The standard InChI is InChI=1S/C16H18F2N4O2S/c17-12-9-15(18)16(20-10-12)11-21-5-7-22(8-6-21)13-1-3-14(4-2-13)25(19,23)24/h1-4,9-10H,5-8,11H2,(H2,19,23,24). The van der Waals surface area contributed by atoms with E-state index in [-0.39, 0.29) is 10.6 Å². The average molecular weight is 368 g/mol. The van der Waals surface area contributed by atoms with Crippen molar-refractivity contribution < 1.29 is 17.2 Å². The van der Waals surface area contributed by atoms with Crippen molar-refractivity contribution in [3.8, 4) is 0 Å². The Hall–Kier alpha value is -2.10. The van der Waals surface area contributed by atoms with Crippen LogP contribution < -0.4 is 10.0 Å². The molecule has 1 aliphatic rings. The fourth-order valence-electron chi connectivity index (χ4n) is 2.78. The first-order chi connectivity index (χ1) is 11.8. The molecule has 1 aromatic heterocycles. The predicted octanol–water partition coefficient (Wildman–Crippen LogP) is 1.33. The number of aromatic nitrogens is 1. The largest absolute Gasteiger partial charge is 0.369 e. The van der Waals surface area contributed by atoms with Crippen LogP contribution in [0.1, 0.15) is 5.69 Å². The Bertz CT molecular complexity index is 851. The van der Waals surface area contributed by atoms with E-state index in [0.29, 0.717) is 32.7 Å². The van der Waals surface area contributed by atoms with Crippen LogP contribution in [0.15, 0.2) is 41.4 Å². The van der Waals surface area contributed by atoms with Crippen LogP contribution in [0.2, 0.25) is 0 Å². The third-order valence-corrected chi connectivity index (χ3v) is 5.09. The summed E-state index contributed by atoms with van der Waals surface area (Å²) in [5, 5.41) is 5.09. The molecule has 0 aliphatic carbocycles. The Morgan fingerprint density at radius 3 is 2.28 bits per heavy atom. The highest BCUT2D eigenvalue weighted by atomic mass is 32.2. The van der Waals surface area contributed by atoms with Gasteiger partial charge in [0.2, 0.25) is 10.0 Å². The van der Waals surface area contributed by atoms with Gasteiger partial charge in [0.15, 0.2) is 0 Å². The van der Waals surface area contributed by atoms with Crippen molar-refractivity contribution in [2.24, 2.45) is 5.14 Å². The zero-order chi connectivity index (χ0) is 18.0. The Morgan fingerprint density at radius 2 is 1.72 bits per heavy atom. The van der Waals surface area contributed by atoms with Crippen molar-refractivity contribution >= 4 is 15.7 Å². The summed E-state index contributed by atoms with van der Waals surface area (Å²) in [5.74, 6) is -1.32. The summed E-state index contributed by atoms with van der Waals surface area (Å²) in [6.07, 6.45) is 1.02. The normalized spacial score (nSPS) is 16.2. The number of piperazine rings is 1. The number of hydrogen-bond acceptors (Lipinski definition) is 5. The van der Waals surface area contributed by atoms with Crippen molar-refractivity contribution in [3.63, 3.8) is 0 Å². The number of halogens is 2. The van der Waals surface area contributed by atoms with Gasteiger partial charge in [0, 0.05) is 44.5 Å². The van der Waals surface area contributed by atoms with Crippen molar-refractivity contribution in [2.45, 2.75) is 11.4 Å². The molecule has 0 bridgehead atoms. The van der Waals surface area contributed by atoms with Gasteiger partial charge in [-0.15, -0.1) is 0 Å². The monoisotopic (exact) mass is 368 g/mol. The van der Waals surface area contributed by atoms with Crippen LogP contribution in [0.3, 0.4) is 0 Å². The van der Waals surface area contributed by atoms with Gasteiger partial charge >= 0.3 is 0 Å². The Balaban J connectivity index is 1.60. The number of nitrogens with zero attached hydrogens (tertiary/aromatic N) is 3. The van der Waals surface area contributed by atoms with E-state index in [2.05, 4.69) is 9.88 Å². The maximum Gasteiger partial charge on any atom is 0.238 e. The number of benzene rings is 1. The second-order valence-corrected chi connectivity index (χ2v) is 7.45. The Morgan fingerprint density at radius 1 is 1.08 bits per heavy atom. The zero-order valence-corrected chi connectivity index (χ0v) is 14.2. The molecule has 2 N–H and O–H groups in total. The van der Waals surface area contributed by atoms with Crippen molar-refractivity contribution in [1.82, 2.24) is 9.88 Å². The summed E-state index contributed by atoms with van der Waals surface area (Å²) in [6, 6.07) is 7.24. The third-order valence-electron chi connectivity index (χ3n) is 4.16. The predicted molar refractivity (Wildman–Crippen MR) is 89.5 cm³/mol. The summed E-state index contributed by atoms with van der Waals surface area (Å²) >= 11 is 0. The van der Waals surface area contributed by atoms with Crippen molar-refractivity contribution in [1.29, 1.82) is 0 Å². The molecule has 0 saturated carbocycles. The molecule has 134 valence electrons. The molecular formula is C16H18F2N4O2S. The minimum Gasteiger partial charge on any atom is -0.369 e. The molecule has 1 fully saturated rings. The van der Waals surface area contributed by atoms with Crippen molar-refractivity contribution in [3.05, 3.63) is 53.9 Å². The fraction of sp³-hybridized carbons (Fsp3) is 0.312. The fourth-order valence-corrected chi connectivity index (χ4v) is 3.30. The molecular weight excluding hydrogens is 350 g/mol. The van der Waals surface area contributed by atoms with Crippen LogP contribution in [0.5, 0.6) is 0 Å². The second kappa shape index (κ2) is 7.03. The maximum absolute atomic E-state index is 13.7. The van der Waals surface area contributed by atoms with E-state index in [4.69, 9.17) is 5.14 Å². The highest BCUT2D eigenvalue weighted by Gasteiger charge is 2.19. The molecule has 0 unspecified atom stereocenters. The lowest BCUT2D eigenvalue weighted by Crippen LogP contribution is -2.46. The van der Waals surface area contributed by atoms with Crippen LogP contribution in [0.4, 0.5) is 14.5 Å². The molecule has 0 atom stereocenters. The molecule has 2 aromatic rings. The topological polar surface area (TPSA) is 79.5 Å². The highest BCUT2D eigenvalue weighted by molar-refractivity contribution is 7.89. The first-order valence-electron chi connectivity index (χ1n) is 7.73. The molecule has 1 saturated heterocycles. The summed E-state index contributed by atoms with van der Waals surface area (Å²) < 4.78 is 49.1. The van der Waals surface area contributed by atoms with Crippen LogP contribution in [-0.2, 0) is 16.6 Å². The van der Waals surface area contributed by atoms with E-state index in [1.165, 1.54) is 12.1 Å². The number of pyridine rings is 1. The van der Waals surface area contributed by atoms with Crippen LogP contribution >= 0.6 is 0 Å². The molecule has 6 nitrogen and oxygen atoms in total. The third kappa shape index (κ3) is 4.30. The van der Waals surface area contributed by atoms with E-state index in [1.54, 1.807) is 12.1 Å². The summed E-state index contributed by atoms with van der Waals surface area (Å²) in [7, 11) is -3.70.